The van der Waals surface area contributed by atoms with Gasteiger partial charge in [0.25, 0.3) is 0 Å². The molecule has 2 rings (SSSR count). The summed E-state index contributed by atoms with van der Waals surface area (Å²) in [7, 11) is 0. The number of likely N-dealkylation sites (tertiary alicyclic amines) is 1. The first kappa shape index (κ1) is 16.3. The number of benzene rings is 1. The Morgan fingerprint density at radius 1 is 1.11 bits per heavy atom. The zero-order valence-corrected chi connectivity index (χ0v) is 12.9. The van der Waals surface area contributed by atoms with Crippen LogP contribution in [-0.2, 0) is 0 Å². The zero-order valence-electron chi connectivity index (χ0n) is 12.1. The van der Waals surface area contributed by atoms with Gasteiger partial charge in [-0.15, -0.1) is 12.4 Å². The van der Waals surface area contributed by atoms with Gasteiger partial charge in [-0.25, -0.2) is 0 Å². The second-order valence-corrected chi connectivity index (χ2v) is 5.44. The molecular weight excluding hydrogens is 258 g/mol. The van der Waals surface area contributed by atoms with Gasteiger partial charge in [-0.2, -0.15) is 0 Å². The fraction of sp³-hybridized carbons (Fsp3) is 0.625. The van der Waals surface area contributed by atoms with Crippen molar-refractivity contribution in [1.29, 1.82) is 0 Å². The molecule has 0 radical (unpaired) electrons. The average Bonchev–Trinajstić information content (AvgIpc) is 2.40. The van der Waals surface area contributed by atoms with Crippen LogP contribution in [0.3, 0.4) is 0 Å². The summed E-state index contributed by atoms with van der Waals surface area (Å²) in [5.74, 6) is 1.58. The summed E-state index contributed by atoms with van der Waals surface area (Å²) >= 11 is 0. The molecule has 0 saturated carbocycles. The molecular formula is C16H26ClNO. The smallest absolute Gasteiger partial charge is 0.122 e. The third-order valence-corrected chi connectivity index (χ3v) is 3.65. The van der Waals surface area contributed by atoms with Gasteiger partial charge in [0.2, 0.25) is 0 Å². The molecule has 19 heavy (non-hydrogen) atoms. The Labute approximate surface area is 123 Å². The minimum Gasteiger partial charge on any atom is -0.492 e. The van der Waals surface area contributed by atoms with Crippen LogP contribution in [0.25, 0.3) is 0 Å². The summed E-state index contributed by atoms with van der Waals surface area (Å²) < 4.78 is 5.96. The Morgan fingerprint density at radius 3 is 2.47 bits per heavy atom. The van der Waals surface area contributed by atoms with Crippen molar-refractivity contribution in [2.24, 2.45) is 0 Å². The number of ether oxygens (including phenoxy) is 1. The summed E-state index contributed by atoms with van der Waals surface area (Å²) in [5, 5.41) is 0. The van der Waals surface area contributed by atoms with Crippen LogP contribution >= 0.6 is 12.4 Å². The maximum atomic E-state index is 5.96. The Bertz CT molecular complexity index is 362. The number of hydrogen-bond acceptors (Lipinski definition) is 2. The maximum absolute atomic E-state index is 5.96. The molecule has 0 spiro atoms. The van der Waals surface area contributed by atoms with E-state index >= 15 is 0 Å². The summed E-state index contributed by atoms with van der Waals surface area (Å²) in [6, 6.07) is 8.40. The lowest BCUT2D eigenvalue weighted by Crippen LogP contribution is -2.33. The second-order valence-electron chi connectivity index (χ2n) is 5.44. The van der Waals surface area contributed by atoms with Crippen LogP contribution in [0.1, 0.15) is 44.6 Å². The number of piperidine rings is 1. The highest BCUT2D eigenvalue weighted by molar-refractivity contribution is 5.85. The molecule has 1 aromatic carbocycles. The Hall–Kier alpha value is -0.730. The van der Waals surface area contributed by atoms with Crippen LogP contribution in [0.15, 0.2) is 24.3 Å². The molecule has 0 aromatic heterocycles. The molecule has 2 nitrogen and oxygen atoms in total. The van der Waals surface area contributed by atoms with Gasteiger partial charge in [-0.3, -0.25) is 4.90 Å². The van der Waals surface area contributed by atoms with Gasteiger partial charge >= 0.3 is 0 Å². The highest BCUT2D eigenvalue weighted by atomic mass is 35.5. The van der Waals surface area contributed by atoms with E-state index in [1.54, 1.807) is 0 Å². The van der Waals surface area contributed by atoms with Crippen LogP contribution in [0.2, 0.25) is 0 Å². The van der Waals surface area contributed by atoms with Crippen molar-refractivity contribution in [2.75, 3.05) is 26.2 Å². The van der Waals surface area contributed by atoms with E-state index in [0.717, 1.165) is 18.9 Å². The standard InChI is InChI=1S/C16H25NO.ClH/c1-14(2)15-8-4-5-9-16(15)18-13-12-17-10-6-3-7-11-17;/h4-5,8-9,14H,3,6-7,10-13H2,1-2H3;1H. The minimum atomic E-state index is 0. The van der Waals surface area contributed by atoms with Crippen molar-refractivity contribution in [1.82, 2.24) is 4.90 Å². The zero-order chi connectivity index (χ0) is 12.8. The Morgan fingerprint density at radius 2 is 1.79 bits per heavy atom. The van der Waals surface area contributed by atoms with Crippen molar-refractivity contribution < 1.29 is 4.74 Å². The predicted octanol–water partition coefficient (Wildman–Crippen LogP) is 4.10. The van der Waals surface area contributed by atoms with Gasteiger partial charge in [0.15, 0.2) is 0 Å². The predicted molar refractivity (Wildman–Crippen MR) is 83.6 cm³/mol. The van der Waals surface area contributed by atoms with E-state index in [-0.39, 0.29) is 12.4 Å². The molecule has 1 aliphatic rings. The molecule has 1 aliphatic heterocycles. The molecule has 1 saturated heterocycles. The third kappa shape index (κ3) is 5.04. The number of halogens is 1. The van der Waals surface area contributed by atoms with Crippen molar-refractivity contribution in [3.63, 3.8) is 0 Å². The van der Waals surface area contributed by atoms with E-state index in [0.29, 0.717) is 5.92 Å². The van der Waals surface area contributed by atoms with Gasteiger partial charge in [-0.05, 0) is 43.5 Å². The first-order chi connectivity index (χ1) is 8.77. The van der Waals surface area contributed by atoms with Gasteiger partial charge < -0.3 is 4.74 Å². The summed E-state index contributed by atoms with van der Waals surface area (Å²) in [4.78, 5) is 2.52. The minimum absolute atomic E-state index is 0. The lowest BCUT2D eigenvalue weighted by atomic mass is 10.0. The Balaban J connectivity index is 0.00000180. The fourth-order valence-corrected chi connectivity index (χ4v) is 2.56. The van der Waals surface area contributed by atoms with Crippen LogP contribution in [0, 0.1) is 0 Å². The quantitative estimate of drug-likeness (QED) is 0.807. The van der Waals surface area contributed by atoms with Crippen LogP contribution < -0.4 is 4.74 Å². The van der Waals surface area contributed by atoms with Crippen molar-refractivity contribution >= 4 is 12.4 Å². The molecule has 0 unspecified atom stereocenters. The summed E-state index contributed by atoms with van der Waals surface area (Å²) in [5.41, 5.74) is 1.32. The first-order valence-electron chi connectivity index (χ1n) is 7.21. The van der Waals surface area contributed by atoms with Crippen LogP contribution in [-0.4, -0.2) is 31.1 Å². The average molecular weight is 284 g/mol. The van der Waals surface area contributed by atoms with Gasteiger partial charge in [0.05, 0.1) is 0 Å². The Kier molecular flexibility index (Phi) is 7.25. The van der Waals surface area contributed by atoms with Crippen molar-refractivity contribution in [2.45, 2.75) is 39.0 Å². The summed E-state index contributed by atoms with van der Waals surface area (Å²) in [6.45, 7) is 8.79. The lowest BCUT2D eigenvalue weighted by molar-refractivity contribution is 0.182. The molecule has 0 N–H and O–H groups in total. The lowest BCUT2D eigenvalue weighted by Gasteiger charge is -2.26. The van der Waals surface area contributed by atoms with Gasteiger partial charge in [0, 0.05) is 6.54 Å². The number of nitrogens with zero attached hydrogens (tertiary/aromatic N) is 1. The topological polar surface area (TPSA) is 12.5 Å². The van der Waals surface area contributed by atoms with Crippen molar-refractivity contribution in [3.05, 3.63) is 29.8 Å². The highest BCUT2D eigenvalue weighted by Gasteiger charge is 2.11. The van der Waals surface area contributed by atoms with E-state index in [2.05, 4.69) is 43.0 Å². The van der Waals surface area contributed by atoms with Gasteiger partial charge in [0.1, 0.15) is 12.4 Å². The molecule has 0 atom stereocenters. The normalized spacial score (nSPS) is 16.2. The fourth-order valence-electron chi connectivity index (χ4n) is 2.56. The number of para-hydroxylation sites is 1. The molecule has 0 bridgehead atoms. The summed E-state index contributed by atoms with van der Waals surface area (Å²) in [6.07, 6.45) is 4.10. The highest BCUT2D eigenvalue weighted by Crippen LogP contribution is 2.25. The molecule has 0 aliphatic carbocycles. The van der Waals surface area contributed by atoms with Crippen LogP contribution in [0.5, 0.6) is 5.75 Å². The second kappa shape index (κ2) is 8.44. The van der Waals surface area contributed by atoms with Crippen molar-refractivity contribution in [3.8, 4) is 5.75 Å². The van der Waals surface area contributed by atoms with E-state index in [1.807, 2.05) is 0 Å². The molecule has 3 heteroatoms. The van der Waals surface area contributed by atoms with E-state index < -0.39 is 0 Å². The van der Waals surface area contributed by atoms with E-state index in [9.17, 15) is 0 Å². The number of hydrogen-bond donors (Lipinski definition) is 0. The maximum Gasteiger partial charge on any atom is 0.122 e. The van der Waals surface area contributed by atoms with E-state index in [4.69, 9.17) is 4.74 Å². The molecule has 1 fully saturated rings. The first-order valence-corrected chi connectivity index (χ1v) is 7.21. The monoisotopic (exact) mass is 283 g/mol. The number of rotatable bonds is 5. The SMILES string of the molecule is CC(C)c1ccccc1OCCN1CCCCC1.Cl. The molecule has 1 heterocycles. The van der Waals surface area contributed by atoms with Gasteiger partial charge in [-0.1, -0.05) is 38.5 Å². The molecule has 108 valence electrons. The van der Waals surface area contributed by atoms with E-state index in [1.165, 1.54) is 37.9 Å². The molecule has 1 aromatic rings. The largest absolute Gasteiger partial charge is 0.492 e. The third-order valence-electron chi connectivity index (χ3n) is 3.65. The molecule has 0 amide bonds. The van der Waals surface area contributed by atoms with Crippen LogP contribution in [0.4, 0.5) is 0 Å².